The van der Waals surface area contributed by atoms with Crippen LogP contribution >= 0.6 is 0 Å². The molecule has 1 saturated heterocycles. The molecular formula is C15H23N3O4S. The molecule has 2 rings (SSSR count). The zero-order chi connectivity index (χ0) is 17.4. The minimum absolute atomic E-state index is 0.139. The van der Waals surface area contributed by atoms with Crippen molar-refractivity contribution < 1.29 is 18.3 Å². The second-order valence-electron chi connectivity index (χ2n) is 6.18. The second kappa shape index (κ2) is 6.54. The SMILES string of the molecule is Cc1ccc(C(=O)N2C[C@@H](CS(=O)(=O)N(C)C)[C@H](O)C2)c(C)n1. The van der Waals surface area contributed by atoms with Crippen LogP contribution in [-0.4, -0.2) is 72.7 Å². The molecule has 0 bridgehead atoms. The number of rotatable bonds is 4. The molecular weight excluding hydrogens is 318 g/mol. The van der Waals surface area contributed by atoms with Crippen molar-refractivity contribution in [3.8, 4) is 0 Å². The van der Waals surface area contributed by atoms with Crippen LogP contribution in [0.15, 0.2) is 12.1 Å². The maximum absolute atomic E-state index is 12.6. The molecule has 0 aromatic carbocycles. The number of aryl methyl sites for hydroxylation is 2. The van der Waals surface area contributed by atoms with Gasteiger partial charge in [0.05, 0.1) is 23.1 Å². The summed E-state index contributed by atoms with van der Waals surface area (Å²) in [5.74, 6) is -0.875. The van der Waals surface area contributed by atoms with E-state index >= 15 is 0 Å². The van der Waals surface area contributed by atoms with E-state index in [1.54, 1.807) is 19.1 Å². The standard InChI is InChI=1S/C15H23N3O4S/c1-10-5-6-13(11(2)16-10)15(20)18-7-12(14(19)8-18)9-23(21,22)17(3)4/h5-6,12,14,19H,7-9H2,1-4H3/t12-,14+/m0/s1. The molecule has 2 atom stereocenters. The first kappa shape index (κ1) is 17.8. The Hall–Kier alpha value is -1.51. The molecule has 7 nitrogen and oxygen atoms in total. The van der Waals surface area contributed by atoms with Gasteiger partial charge in [0.15, 0.2) is 0 Å². The van der Waals surface area contributed by atoms with Crippen LogP contribution in [0, 0.1) is 19.8 Å². The molecule has 0 spiro atoms. The number of hydrogen-bond donors (Lipinski definition) is 1. The highest BCUT2D eigenvalue weighted by Gasteiger charge is 2.37. The highest BCUT2D eigenvalue weighted by atomic mass is 32.2. The molecule has 1 aromatic heterocycles. The molecule has 1 fully saturated rings. The Morgan fingerprint density at radius 1 is 1.35 bits per heavy atom. The van der Waals surface area contributed by atoms with E-state index in [-0.39, 0.29) is 24.7 Å². The summed E-state index contributed by atoms with van der Waals surface area (Å²) in [5, 5.41) is 10.1. The summed E-state index contributed by atoms with van der Waals surface area (Å²) in [6.07, 6.45) is -0.840. The van der Waals surface area contributed by atoms with E-state index in [2.05, 4.69) is 4.98 Å². The first-order valence-electron chi connectivity index (χ1n) is 7.43. The van der Waals surface area contributed by atoms with E-state index in [9.17, 15) is 18.3 Å². The Kier molecular flexibility index (Phi) is 5.07. The van der Waals surface area contributed by atoms with Gasteiger partial charge in [-0.3, -0.25) is 9.78 Å². The van der Waals surface area contributed by atoms with Crippen LogP contribution < -0.4 is 0 Å². The molecule has 1 aromatic rings. The quantitative estimate of drug-likeness (QED) is 0.834. The van der Waals surface area contributed by atoms with Crippen molar-refractivity contribution in [2.45, 2.75) is 20.0 Å². The Balaban J connectivity index is 2.13. The van der Waals surface area contributed by atoms with Gasteiger partial charge in [0.2, 0.25) is 10.0 Å². The van der Waals surface area contributed by atoms with Crippen molar-refractivity contribution in [1.29, 1.82) is 0 Å². The van der Waals surface area contributed by atoms with Crippen molar-refractivity contribution in [1.82, 2.24) is 14.2 Å². The van der Waals surface area contributed by atoms with Gasteiger partial charge in [0, 0.05) is 38.8 Å². The number of pyridine rings is 1. The summed E-state index contributed by atoms with van der Waals surface area (Å²) in [7, 11) is -0.501. The molecule has 1 aliphatic heterocycles. The third kappa shape index (κ3) is 3.88. The van der Waals surface area contributed by atoms with Gasteiger partial charge in [0.25, 0.3) is 5.91 Å². The molecule has 0 saturated carbocycles. The summed E-state index contributed by atoms with van der Waals surface area (Å²) in [6.45, 7) is 3.98. The minimum atomic E-state index is -3.42. The van der Waals surface area contributed by atoms with Crippen LogP contribution in [0.4, 0.5) is 0 Å². The summed E-state index contributed by atoms with van der Waals surface area (Å²) in [5.41, 5.74) is 1.95. The lowest BCUT2D eigenvalue weighted by Crippen LogP contribution is -2.33. The number of aliphatic hydroxyl groups excluding tert-OH is 1. The van der Waals surface area contributed by atoms with Crippen molar-refractivity contribution in [3.63, 3.8) is 0 Å². The molecule has 2 heterocycles. The number of carbonyl (C=O) groups is 1. The highest BCUT2D eigenvalue weighted by Crippen LogP contribution is 2.22. The summed E-state index contributed by atoms with van der Waals surface area (Å²) in [4.78, 5) is 18.4. The Bertz CT molecular complexity index is 703. The summed E-state index contributed by atoms with van der Waals surface area (Å²) in [6, 6.07) is 3.48. The van der Waals surface area contributed by atoms with Gasteiger partial charge < -0.3 is 10.0 Å². The third-order valence-electron chi connectivity index (χ3n) is 4.13. The van der Waals surface area contributed by atoms with E-state index in [1.165, 1.54) is 19.0 Å². The number of β-amino-alcohol motifs (C(OH)–C–C–N with tert-alkyl or cyclic N) is 1. The van der Waals surface area contributed by atoms with Gasteiger partial charge in [-0.2, -0.15) is 0 Å². The smallest absolute Gasteiger partial charge is 0.255 e. The van der Waals surface area contributed by atoms with Crippen molar-refractivity contribution in [2.75, 3.05) is 32.9 Å². The topological polar surface area (TPSA) is 90.8 Å². The number of amides is 1. The van der Waals surface area contributed by atoms with Crippen molar-refractivity contribution in [2.24, 2.45) is 5.92 Å². The van der Waals surface area contributed by atoms with E-state index in [0.29, 0.717) is 11.3 Å². The third-order valence-corrected chi connectivity index (χ3v) is 6.09. The number of likely N-dealkylation sites (tertiary alicyclic amines) is 1. The van der Waals surface area contributed by atoms with Crippen LogP contribution in [-0.2, 0) is 10.0 Å². The van der Waals surface area contributed by atoms with E-state index in [4.69, 9.17) is 0 Å². The molecule has 1 amide bonds. The van der Waals surface area contributed by atoms with Crippen LogP contribution in [0.25, 0.3) is 0 Å². The molecule has 1 N–H and O–H groups in total. The molecule has 0 unspecified atom stereocenters. The maximum Gasteiger partial charge on any atom is 0.255 e. The fourth-order valence-electron chi connectivity index (χ4n) is 2.69. The highest BCUT2D eigenvalue weighted by molar-refractivity contribution is 7.89. The zero-order valence-corrected chi connectivity index (χ0v) is 14.7. The number of hydrogen-bond acceptors (Lipinski definition) is 5. The predicted octanol–water partition coefficient (Wildman–Crippen LogP) is 0.0227. The van der Waals surface area contributed by atoms with Crippen LogP contribution in [0.2, 0.25) is 0 Å². The molecule has 8 heteroatoms. The van der Waals surface area contributed by atoms with Gasteiger partial charge >= 0.3 is 0 Å². The van der Waals surface area contributed by atoms with Gasteiger partial charge in [-0.15, -0.1) is 0 Å². The lowest BCUT2D eigenvalue weighted by Gasteiger charge is -2.18. The van der Waals surface area contributed by atoms with Gasteiger partial charge in [0.1, 0.15) is 0 Å². The molecule has 128 valence electrons. The van der Waals surface area contributed by atoms with E-state index < -0.39 is 22.0 Å². The van der Waals surface area contributed by atoms with Crippen LogP contribution in [0.1, 0.15) is 21.7 Å². The fraction of sp³-hybridized carbons (Fsp3) is 0.600. The van der Waals surface area contributed by atoms with Gasteiger partial charge in [-0.1, -0.05) is 0 Å². The monoisotopic (exact) mass is 341 g/mol. The number of nitrogens with zero attached hydrogens (tertiary/aromatic N) is 3. The van der Waals surface area contributed by atoms with Crippen LogP contribution in [0.3, 0.4) is 0 Å². The number of carbonyl (C=O) groups excluding carboxylic acids is 1. The lowest BCUT2D eigenvalue weighted by molar-refractivity contribution is 0.0763. The molecule has 0 radical (unpaired) electrons. The summed E-state index contributed by atoms with van der Waals surface area (Å²) >= 11 is 0. The largest absolute Gasteiger partial charge is 0.391 e. The fourth-order valence-corrected chi connectivity index (χ4v) is 3.85. The van der Waals surface area contributed by atoms with E-state index in [1.807, 2.05) is 6.92 Å². The van der Waals surface area contributed by atoms with Crippen molar-refractivity contribution >= 4 is 15.9 Å². The van der Waals surface area contributed by atoms with Crippen LogP contribution in [0.5, 0.6) is 0 Å². The molecule has 23 heavy (non-hydrogen) atoms. The van der Waals surface area contributed by atoms with E-state index in [0.717, 1.165) is 10.00 Å². The normalized spacial score (nSPS) is 21.9. The average Bonchev–Trinajstić information content (AvgIpc) is 2.78. The predicted molar refractivity (Wildman–Crippen MR) is 86.6 cm³/mol. The first-order chi connectivity index (χ1) is 10.6. The van der Waals surface area contributed by atoms with Gasteiger partial charge in [-0.25, -0.2) is 12.7 Å². The average molecular weight is 341 g/mol. The second-order valence-corrected chi connectivity index (χ2v) is 8.41. The lowest BCUT2D eigenvalue weighted by atomic mass is 10.1. The summed E-state index contributed by atoms with van der Waals surface area (Å²) < 4.78 is 25.1. The number of aromatic nitrogens is 1. The zero-order valence-electron chi connectivity index (χ0n) is 13.9. The Morgan fingerprint density at radius 2 is 2.00 bits per heavy atom. The Morgan fingerprint density at radius 3 is 2.57 bits per heavy atom. The maximum atomic E-state index is 12.6. The molecule has 0 aliphatic carbocycles. The number of aliphatic hydroxyl groups is 1. The minimum Gasteiger partial charge on any atom is -0.391 e. The number of sulfonamides is 1. The first-order valence-corrected chi connectivity index (χ1v) is 9.04. The van der Waals surface area contributed by atoms with Crippen molar-refractivity contribution in [3.05, 3.63) is 29.1 Å². The van der Waals surface area contributed by atoms with Gasteiger partial charge in [-0.05, 0) is 26.0 Å². The Labute approximate surface area is 137 Å². The molecule has 1 aliphatic rings.